The highest BCUT2D eigenvalue weighted by atomic mass is 16.4. The van der Waals surface area contributed by atoms with Crippen LogP contribution in [0.2, 0.25) is 0 Å². The van der Waals surface area contributed by atoms with E-state index in [1.807, 2.05) is 6.92 Å². The van der Waals surface area contributed by atoms with E-state index in [9.17, 15) is 19.5 Å². The number of nitrogens with one attached hydrogen (secondary N) is 1. The van der Waals surface area contributed by atoms with E-state index in [0.717, 1.165) is 6.42 Å². The number of carbonyl (C=O) groups is 3. The lowest BCUT2D eigenvalue weighted by Crippen LogP contribution is -2.64. The molecule has 1 fully saturated rings. The van der Waals surface area contributed by atoms with E-state index in [0.29, 0.717) is 6.54 Å². The molecule has 1 saturated heterocycles. The van der Waals surface area contributed by atoms with Crippen molar-refractivity contribution >= 4 is 17.5 Å². The molecule has 102 valence electrons. The first-order valence-electron chi connectivity index (χ1n) is 6.19. The average molecular weight is 255 g/mol. The summed E-state index contributed by atoms with van der Waals surface area (Å²) in [6.07, 6.45) is 0.981. The number of carboxylic acid groups (broad SMARTS) is 1. The normalized spacial score (nSPS) is 28.8. The standard InChI is InChI=1S/C13H21NO4/c1-8-5-6-14-13(7-8,11(17)18)10(16)9(15)12(2,3)4/h8,14H,5-7H2,1-4H3,(H,17,18). The maximum atomic E-state index is 12.3. The molecule has 0 bridgehead atoms. The molecule has 0 aliphatic carbocycles. The van der Waals surface area contributed by atoms with Crippen LogP contribution >= 0.6 is 0 Å². The van der Waals surface area contributed by atoms with Gasteiger partial charge in [0.15, 0.2) is 5.54 Å². The Kier molecular flexibility index (Phi) is 3.96. The number of ketones is 2. The van der Waals surface area contributed by atoms with Gasteiger partial charge in [0, 0.05) is 5.41 Å². The lowest BCUT2D eigenvalue weighted by molar-refractivity contribution is -0.157. The lowest BCUT2D eigenvalue weighted by Gasteiger charge is -2.36. The Bertz CT molecular complexity index is 383. The summed E-state index contributed by atoms with van der Waals surface area (Å²) in [7, 11) is 0. The number of Topliss-reactive ketones (excluding diaryl/α,β-unsaturated/α-hetero) is 2. The second-order valence-electron chi connectivity index (χ2n) is 6.14. The summed E-state index contributed by atoms with van der Waals surface area (Å²) < 4.78 is 0. The smallest absolute Gasteiger partial charge is 0.332 e. The van der Waals surface area contributed by atoms with Gasteiger partial charge in [-0.05, 0) is 25.3 Å². The van der Waals surface area contributed by atoms with Crippen LogP contribution in [0.1, 0.15) is 40.5 Å². The van der Waals surface area contributed by atoms with Gasteiger partial charge < -0.3 is 5.11 Å². The minimum absolute atomic E-state index is 0.110. The van der Waals surface area contributed by atoms with Crippen molar-refractivity contribution in [1.82, 2.24) is 5.32 Å². The number of aliphatic carboxylic acids is 1. The highest BCUT2D eigenvalue weighted by molar-refractivity contribution is 6.46. The van der Waals surface area contributed by atoms with Gasteiger partial charge in [-0.3, -0.25) is 14.9 Å². The second-order valence-corrected chi connectivity index (χ2v) is 6.14. The Labute approximate surface area is 107 Å². The van der Waals surface area contributed by atoms with Crippen molar-refractivity contribution in [3.8, 4) is 0 Å². The first-order chi connectivity index (χ1) is 8.11. The van der Waals surface area contributed by atoms with Gasteiger partial charge in [0.05, 0.1) is 0 Å². The van der Waals surface area contributed by atoms with Crippen molar-refractivity contribution in [3.63, 3.8) is 0 Å². The molecular formula is C13H21NO4. The van der Waals surface area contributed by atoms with Gasteiger partial charge in [0.2, 0.25) is 11.6 Å². The topological polar surface area (TPSA) is 83.5 Å². The molecule has 1 aliphatic rings. The number of hydrogen-bond acceptors (Lipinski definition) is 4. The van der Waals surface area contributed by atoms with E-state index in [-0.39, 0.29) is 12.3 Å². The first kappa shape index (κ1) is 14.8. The molecule has 5 heteroatoms. The fraction of sp³-hybridized carbons (Fsp3) is 0.769. The zero-order valence-electron chi connectivity index (χ0n) is 11.4. The summed E-state index contributed by atoms with van der Waals surface area (Å²) in [6.45, 7) is 7.20. The van der Waals surface area contributed by atoms with Crippen LogP contribution in [0.15, 0.2) is 0 Å². The predicted molar refractivity (Wildman–Crippen MR) is 66.2 cm³/mol. The third kappa shape index (κ3) is 2.61. The van der Waals surface area contributed by atoms with E-state index in [1.165, 1.54) is 0 Å². The molecule has 1 aliphatic heterocycles. The quantitative estimate of drug-likeness (QED) is 0.581. The maximum Gasteiger partial charge on any atom is 0.332 e. The van der Waals surface area contributed by atoms with Gasteiger partial charge in [0.1, 0.15) is 0 Å². The minimum Gasteiger partial charge on any atom is -0.480 e. The van der Waals surface area contributed by atoms with Crippen molar-refractivity contribution in [3.05, 3.63) is 0 Å². The molecule has 0 saturated carbocycles. The maximum absolute atomic E-state index is 12.3. The second kappa shape index (κ2) is 4.80. The van der Waals surface area contributed by atoms with Gasteiger partial charge >= 0.3 is 5.97 Å². The van der Waals surface area contributed by atoms with Crippen molar-refractivity contribution in [2.45, 2.75) is 46.1 Å². The molecule has 2 atom stereocenters. The van der Waals surface area contributed by atoms with Gasteiger partial charge in [-0.2, -0.15) is 0 Å². The Morgan fingerprint density at radius 2 is 1.83 bits per heavy atom. The van der Waals surface area contributed by atoms with Gasteiger partial charge in [-0.25, -0.2) is 4.79 Å². The highest BCUT2D eigenvalue weighted by Crippen LogP contribution is 2.29. The van der Waals surface area contributed by atoms with Gasteiger partial charge in [-0.1, -0.05) is 27.7 Å². The Morgan fingerprint density at radius 3 is 2.22 bits per heavy atom. The molecule has 0 aromatic carbocycles. The van der Waals surface area contributed by atoms with Crippen LogP contribution in [-0.4, -0.2) is 34.7 Å². The molecule has 0 spiro atoms. The fourth-order valence-corrected chi connectivity index (χ4v) is 2.20. The molecule has 5 nitrogen and oxygen atoms in total. The van der Waals surface area contributed by atoms with Crippen LogP contribution in [0.3, 0.4) is 0 Å². The predicted octanol–water partition coefficient (Wildman–Crippen LogP) is 1.01. The molecule has 0 aromatic heterocycles. The summed E-state index contributed by atoms with van der Waals surface area (Å²) in [5, 5.41) is 12.1. The fourth-order valence-electron chi connectivity index (χ4n) is 2.20. The molecule has 0 amide bonds. The molecule has 0 radical (unpaired) electrons. The number of carbonyl (C=O) groups excluding carboxylic acids is 2. The zero-order chi connectivity index (χ0) is 14.1. The SMILES string of the molecule is CC1CCNC(C(=O)O)(C(=O)C(=O)C(C)(C)C)C1. The molecule has 18 heavy (non-hydrogen) atoms. The van der Waals surface area contributed by atoms with Crippen LogP contribution in [0.4, 0.5) is 0 Å². The van der Waals surface area contributed by atoms with Crippen LogP contribution in [0.25, 0.3) is 0 Å². The monoisotopic (exact) mass is 255 g/mol. The van der Waals surface area contributed by atoms with Crippen molar-refractivity contribution < 1.29 is 19.5 Å². The Morgan fingerprint density at radius 1 is 1.28 bits per heavy atom. The van der Waals surface area contributed by atoms with Crippen molar-refractivity contribution in [1.29, 1.82) is 0 Å². The van der Waals surface area contributed by atoms with Crippen molar-refractivity contribution in [2.75, 3.05) is 6.54 Å². The van der Waals surface area contributed by atoms with E-state index in [4.69, 9.17) is 0 Å². The van der Waals surface area contributed by atoms with Crippen LogP contribution in [-0.2, 0) is 14.4 Å². The first-order valence-corrected chi connectivity index (χ1v) is 6.19. The number of carboxylic acids is 1. The molecular weight excluding hydrogens is 234 g/mol. The minimum atomic E-state index is -1.73. The zero-order valence-corrected chi connectivity index (χ0v) is 11.4. The molecule has 1 heterocycles. The third-order valence-corrected chi connectivity index (χ3v) is 3.36. The molecule has 2 N–H and O–H groups in total. The molecule has 1 rings (SSSR count). The van der Waals surface area contributed by atoms with Gasteiger partial charge in [0.25, 0.3) is 0 Å². The lowest BCUT2D eigenvalue weighted by atomic mass is 9.74. The van der Waals surface area contributed by atoms with E-state index >= 15 is 0 Å². The Balaban J connectivity index is 3.10. The number of hydrogen-bond donors (Lipinski definition) is 2. The Hall–Kier alpha value is -1.23. The number of rotatable bonds is 3. The van der Waals surface area contributed by atoms with Crippen LogP contribution in [0.5, 0.6) is 0 Å². The average Bonchev–Trinajstić information content (AvgIpc) is 2.25. The van der Waals surface area contributed by atoms with Crippen LogP contribution in [0, 0.1) is 11.3 Å². The molecule has 2 unspecified atom stereocenters. The summed E-state index contributed by atoms with van der Waals surface area (Å²) in [5.41, 5.74) is -2.59. The van der Waals surface area contributed by atoms with E-state index in [2.05, 4.69) is 5.32 Å². The summed E-state index contributed by atoms with van der Waals surface area (Å²) in [6, 6.07) is 0. The third-order valence-electron chi connectivity index (χ3n) is 3.36. The van der Waals surface area contributed by atoms with Gasteiger partial charge in [-0.15, -0.1) is 0 Å². The summed E-state index contributed by atoms with van der Waals surface area (Å²) in [5.74, 6) is -2.60. The van der Waals surface area contributed by atoms with E-state index < -0.39 is 28.5 Å². The summed E-state index contributed by atoms with van der Waals surface area (Å²) in [4.78, 5) is 35.7. The largest absolute Gasteiger partial charge is 0.480 e. The highest BCUT2D eigenvalue weighted by Gasteiger charge is 2.52. The van der Waals surface area contributed by atoms with Crippen molar-refractivity contribution in [2.24, 2.45) is 11.3 Å². The molecule has 0 aromatic rings. The van der Waals surface area contributed by atoms with E-state index in [1.54, 1.807) is 20.8 Å². The number of piperidine rings is 1. The van der Waals surface area contributed by atoms with Crippen LogP contribution < -0.4 is 5.32 Å². The summed E-state index contributed by atoms with van der Waals surface area (Å²) >= 11 is 0.